The molecule has 0 saturated heterocycles. The predicted molar refractivity (Wildman–Crippen MR) is 64.0 cm³/mol. The van der Waals surface area contributed by atoms with Gasteiger partial charge < -0.3 is 15.3 Å². The largest absolute Gasteiger partial charge is 0.479 e. The van der Waals surface area contributed by atoms with Crippen LogP contribution >= 0.6 is 11.6 Å². The molecule has 94 valence electrons. The summed E-state index contributed by atoms with van der Waals surface area (Å²) in [6, 6.07) is 4.89. The molecule has 0 aliphatic rings. The topological polar surface area (TPSA) is 77.8 Å². The van der Waals surface area contributed by atoms with E-state index in [9.17, 15) is 15.0 Å². The van der Waals surface area contributed by atoms with Crippen LogP contribution in [-0.2, 0) is 17.8 Å². The van der Waals surface area contributed by atoms with Crippen molar-refractivity contribution in [3.8, 4) is 0 Å². The Morgan fingerprint density at radius 2 is 2.12 bits per heavy atom. The molecular formula is C12H15ClO4. The average molecular weight is 259 g/mol. The first-order chi connectivity index (χ1) is 8.11. The smallest absolute Gasteiger partial charge is 0.337 e. The minimum Gasteiger partial charge on any atom is -0.479 e. The lowest BCUT2D eigenvalue weighted by molar-refractivity contribution is -0.147. The first kappa shape index (κ1) is 14.0. The number of hydrogen-bond acceptors (Lipinski definition) is 3. The second-order valence-corrected chi connectivity index (χ2v) is 4.05. The average Bonchev–Trinajstić information content (AvgIpc) is 2.34. The van der Waals surface area contributed by atoms with Gasteiger partial charge in [0.2, 0.25) is 0 Å². The number of aliphatic hydroxyl groups is 2. The van der Waals surface area contributed by atoms with Gasteiger partial charge in [-0.2, -0.15) is 0 Å². The number of rotatable bonds is 6. The maximum atomic E-state index is 10.8. The molecule has 1 aromatic rings. The Kier molecular flexibility index (Phi) is 5.41. The van der Waals surface area contributed by atoms with Crippen LogP contribution < -0.4 is 0 Å². The number of aliphatic hydroxyl groups excluding tert-OH is 2. The minimum absolute atomic E-state index is 0.183. The summed E-state index contributed by atoms with van der Waals surface area (Å²) in [4.78, 5) is 10.8. The summed E-state index contributed by atoms with van der Waals surface area (Å²) in [6.07, 6.45) is -0.357. The molecule has 3 N–H and O–H groups in total. The van der Waals surface area contributed by atoms with Crippen LogP contribution in [0.25, 0.3) is 0 Å². The molecule has 1 aromatic carbocycles. The van der Waals surface area contributed by atoms with E-state index >= 15 is 0 Å². The van der Waals surface area contributed by atoms with Crippen molar-refractivity contribution in [2.75, 3.05) is 5.88 Å². The lowest BCUT2D eigenvalue weighted by atomic mass is 9.94. The molecule has 1 atom stereocenters. The zero-order chi connectivity index (χ0) is 12.8. The number of benzene rings is 1. The van der Waals surface area contributed by atoms with Gasteiger partial charge in [0.25, 0.3) is 0 Å². The molecule has 0 bridgehead atoms. The first-order valence-electron chi connectivity index (χ1n) is 5.30. The number of halogens is 1. The van der Waals surface area contributed by atoms with Crippen molar-refractivity contribution in [3.05, 3.63) is 34.9 Å². The number of aliphatic carboxylic acids is 1. The molecule has 0 radical (unpaired) electrons. The van der Waals surface area contributed by atoms with Crippen LogP contribution in [0.4, 0.5) is 0 Å². The predicted octanol–water partition coefficient (Wildman–Crippen LogP) is 1.47. The van der Waals surface area contributed by atoms with Crippen LogP contribution in [0.15, 0.2) is 18.2 Å². The van der Waals surface area contributed by atoms with Gasteiger partial charge in [0.1, 0.15) is 0 Å². The molecule has 17 heavy (non-hydrogen) atoms. The summed E-state index contributed by atoms with van der Waals surface area (Å²) < 4.78 is 0. The molecule has 0 heterocycles. The van der Waals surface area contributed by atoms with Crippen molar-refractivity contribution >= 4 is 17.6 Å². The van der Waals surface area contributed by atoms with Crippen LogP contribution in [0, 0.1) is 0 Å². The van der Waals surface area contributed by atoms with Gasteiger partial charge in [-0.05, 0) is 29.5 Å². The lowest BCUT2D eigenvalue weighted by Gasteiger charge is -2.15. The second kappa shape index (κ2) is 6.59. The van der Waals surface area contributed by atoms with Crippen molar-refractivity contribution in [2.24, 2.45) is 0 Å². The Hall–Kier alpha value is -1.10. The van der Waals surface area contributed by atoms with Gasteiger partial charge in [-0.1, -0.05) is 18.2 Å². The highest BCUT2D eigenvalue weighted by Gasteiger charge is 2.20. The highest BCUT2D eigenvalue weighted by Crippen LogP contribution is 2.23. The summed E-state index contributed by atoms with van der Waals surface area (Å²) in [5.74, 6) is -0.852. The first-order valence-corrected chi connectivity index (χ1v) is 5.83. The van der Waals surface area contributed by atoms with Gasteiger partial charge in [0.05, 0.1) is 6.61 Å². The molecule has 0 aromatic heterocycles. The van der Waals surface area contributed by atoms with Crippen LogP contribution in [0.1, 0.15) is 29.2 Å². The molecule has 0 amide bonds. The van der Waals surface area contributed by atoms with Crippen molar-refractivity contribution in [1.82, 2.24) is 0 Å². The third kappa shape index (κ3) is 3.43. The van der Waals surface area contributed by atoms with E-state index < -0.39 is 12.1 Å². The van der Waals surface area contributed by atoms with E-state index in [2.05, 4.69) is 0 Å². The van der Waals surface area contributed by atoms with E-state index in [1.165, 1.54) is 0 Å². The Balaban J connectivity index is 3.13. The normalized spacial score (nSPS) is 12.4. The third-order valence-electron chi connectivity index (χ3n) is 2.57. The van der Waals surface area contributed by atoms with Crippen molar-refractivity contribution < 1.29 is 20.1 Å². The Morgan fingerprint density at radius 1 is 1.41 bits per heavy atom. The molecule has 4 nitrogen and oxygen atoms in total. The van der Waals surface area contributed by atoms with E-state index in [0.29, 0.717) is 35.4 Å². The Labute approximate surface area is 104 Å². The quantitative estimate of drug-likeness (QED) is 0.675. The summed E-state index contributed by atoms with van der Waals surface area (Å²) >= 11 is 5.60. The number of hydrogen-bond donors (Lipinski definition) is 3. The fraction of sp³-hybridized carbons (Fsp3) is 0.417. The molecule has 1 unspecified atom stereocenters. The van der Waals surface area contributed by atoms with E-state index in [1.54, 1.807) is 18.2 Å². The van der Waals surface area contributed by atoms with Crippen molar-refractivity contribution in [3.63, 3.8) is 0 Å². The van der Waals surface area contributed by atoms with Crippen LogP contribution in [0.3, 0.4) is 0 Å². The highest BCUT2D eigenvalue weighted by molar-refractivity contribution is 6.17. The standard InChI is InChI=1S/C12H15ClO4/c13-6-2-5-9-8(7-14)3-1-4-10(9)11(15)12(16)17/h1,3-4,11,14-15H,2,5-7H2,(H,16,17). The van der Waals surface area contributed by atoms with Crippen molar-refractivity contribution in [2.45, 2.75) is 25.6 Å². The van der Waals surface area contributed by atoms with E-state index in [4.69, 9.17) is 16.7 Å². The van der Waals surface area contributed by atoms with Crippen LogP contribution in [0.2, 0.25) is 0 Å². The van der Waals surface area contributed by atoms with Gasteiger partial charge in [0, 0.05) is 5.88 Å². The van der Waals surface area contributed by atoms with E-state index in [0.717, 1.165) is 0 Å². The van der Waals surface area contributed by atoms with E-state index in [-0.39, 0.29) is 6.61 Å². The fourth-order valence-corrected chi connectivity index (χ4v) is 1.87. The summed E-state index contributed by atoms with van der Waals surface area (Å²) in [5, 5.41) is 27.6. The molecule has 0 aliphatic heterocycles. The van der Waals surface area contributed by atoms with Gasteiger partial charge in [-0.3, -0.25) is 0 Å². The van der Waals surface area contributed by atoms with Crippen molar-refractivity contribution in [1.29, 1.82) is 0 Å². The molecule has 0 aliphatic carbocycles. The lowest BCUT2D eigenvalue weighted by Crippen LogP contribution is -2.14. The minimum atomic E-state index is -1.56. The monoisotopic (exact) mass is 258 g/mol. The van der Waals surface area contributed by atoms with Crippen LogP contribution in [0.5, 0.6) is 0 Å². The maximum absolute atomic E-state index is 10.8. The second-order valence-electron chi connectivity index (χ2n) is 3.68. The van der Waals surface area contributed by atoms with Gasteiger partial charge in [-0.25, -0.2) is 4.79 Å². The van der Waals surface area contributed by atoms with Crippen LogP contribution in [-0.4, -0.2) is 27.2 Å². The Bertz CT molecular complexity index is 392. The summed E-state index contributed by atoms with van der Waals surface area (Å²) in [7, 11) is 0. The third-order valence-corrected chi connectivity index (χ3v) is 2.84. The van der Waals surface area contributed by atoms with Gasteiger partial charge in [-0.15, -0.1) is 11.6 Å². The number of carboxylic acid groups (broad SMARTS) is 1. The SMILES string of the molecule is O=C(O)C(O)c1cccc(CO)c1CCCCl. The fourth-order valence-electron chi connectivity index (χ4n) is 1.74. The molecule has 0 fully saturated rings. The van der Waals surface area contributed by atoms with Gasteiger partial charge >= 0.3 is 5.97 Å². The van der Waals surface area contributed by atoms with E-state index in [1.807, 2.05) is 0 Å². The number of carboxylic acids is 1. The molecule has 0 saturated carbocycles. The highest BCUT2D eigenvalue weighted by atomic mass is 35.5. The summed E-state index contributed by atoms with van der Waals surface area (Å²) in [6.45, 7) is -0.183. The molecular weight excluding hydrogens is 244 g/mol. The number of alkyl halides is 1. The van der Waals surface area contributed by atoms with Gasteiger partial charge in [0.15, 0.2) is 6.10 Å². The molecule has 1 rings (SSSR count). The number of carbonyl (C=O) groups is 1. The molecule has 0 spiro atoms. The zero-order valence-electron chi connectivity index (χ0n) is 9.27. The zero-order valence-corrected chi connectivity index (χ0v) is 10.0. The summed E-state index contributed by atoms with van der Waals surface area (Å²) in [5.41, 5.74) is 1.63. The Morgan fingerprint density at radius 3 is 2.65 bits per heavy atom. The maximum Gasteiger partial charge on any atom is 0.337 e. The molecule has 5 heteroatoms.